The minimum Gasteiger partial charge on any atom is -0.338 e. The van der Waals surface area contributed by atoms with E-state index in [1.54, 1.807) is 0 Å². The van der Waals surface area contributed by atoms with Gasteiger partial charge in [-0.05, 0) is 19.5 Å². The van der Waals surface area contributed by atoms with Crippen molar-refractivity contribution in [3.05, 3.63) is 11.7 Å². The molecule has 1 saturated heterocycles. The fraction of sp³-hybridized carbons (Fsp3) is 0.714. The van der Waals surface area contributed by atoms with E-state index in [-0.39, 0.29) is 0 Å². The molecule has 0 saturated carbocycles. The van der Waals surface area contributed by atoms with Crippen molar-refractivity contribution in [1.29, 1.82) is 0 Å². The summed E-state index contributed by atoms with van der Waals surface area (Å²) in [6.45, 7) is 3.41. The van der Waals surface area contributed by atoms with Gasteiger partial charge in [0.1, 0.15) is 0 Å². The van der Waals surface area contributed by atoms with Crippen molar-refractivity contribution >= 4 is 0 Å². The predicted molar refractivity (Wildman–Crippen MR) is 42.1 cm³/mol. The van der Waals surface area contributed by atoms with Gasteiger partial charge < -0.3 is 10.3 Å². The van der Waals surface area contributed by atoms with E-state index >= 15 is 0 Å². The van der Waals surface area contributed by atoms with E-state index < -0.39 is 0 Å². The van der Waals surface area contributed by atoms with Crippen LogP contribution in [-0.4, -0.2) is 28.1 Å². The molecule has 1 aliphatic rings. The topological polar surface area (TPSA) is 68.2 Å². The van der Waals surface area contributed by atoms with Gasteiger partial charge in [0.25, 0.3) is 0 Å². The summed E-state index contributed by atoms with van der Waals surface area (Å²) in [5, 5.41) is 3.80. The van der Waals surface area contributed by atoms with Crippen molar-refractivity contribution in [3.63, 3.8) is 0 Å². The molecule has 2 heterocycles. The second kappa shape index (κ2) is 3.20. The highest BCUT2D eigenvalue weighted by molar-refractivity contribution is 4.87. The molecule has 1 aromatic rings. The van der Waals surface area contributed by atoms with Gasteiger partial charge >= 0.3 is 0 Å². The lowest BCUT2D eigenvalue weighted by Gasteiger charge is -2.28. The third-order valence-electron chi connectivity index (χ3n) is 2.00. The van der Waals surface area contributed by atoms with Crippen LogP contribution in [0.25, 0.3) is 0 Å². The van der Waals surface area contributed by atoms with E-state index in [0.29, 0.717) is 12.4 Å². The molecule has 2 rings (SSSR count). The summed E-state index contributed by atoms with van der Waals surface area (Å²) >= 11 is 0. The lowest BCUT2D eigenvalue weighted by Crippen LogP contribution is -2.36. The maximum absolute atomic E-state index is 5.33. The van der Waals surface area contributed by atoms with Gasteiger partial charge in [-0.1, -0.05) is 5.16 Å². The molecule has 0 spiro atoms. The molecule has 0 amide bonds. The first kappa shape index (κ1) is 7.70. The first-order valence-corrected chi connectivity index (χ1v) is 4.12. The predicted octanol–water partition coefficient (Wildman–Crippen LogP) is -0.266. The van der Waals surface area contributed by atoms with Gasteiger partial charge in [-0.25, -0.2) is 0 Å². The number of likely N-dealkylation sites (tertiary alicyclic amines) is 1. The Morgan fingerprint density at radius 2 is 2.33 bits per heavy atom. The Morgan fingerprint density at radius 3 is 2.83 bits per heavy atom. The number of nitrogens with two attached hydrogens (primary N) is 1. The van der Waals surface area contributed by atoms with Crippen LogP contribution >= 0.6 is 0 Å². The summed E-state index contributed by atoms with van der Waals surface area (Å²) in [6, 6.07) is 0. The van der Waals surface area contributed by atoms with Crippen LogP contribution in [0.3, 0.4) is 0 Å². The van der Waals surface area contributed by atoms with Crippen LogP contribution in [0.2, 0.25) is 0 Å². The Bertz CT molecular complexity index is 256. The van der Waals surface area contributed by atoms with Crippen molar-refractivity contribution < 1.29 is 4.52 Å². The molecule has 0 atom stereocenters. The van der Waals surface area contributed by atoms with Gasteiger partial charge in [0.05, 0.1) is 13.1 Å². The molecular formula is C7H12N4O. The molecule has 1 aromatic heterocycles. The van der Waals surface area contributed by atoms with Crippen LogP contribution < -0.4 is 5.73 Å². The Morgan fingerprint density at radius 1 is 1.50 bits per heavy atom. The molecule has 0 unspecified atom stereocenters. The molecule has 1 fully saturated rings. The molecule has 5 heteroatoms. The quantitative estimate of drug-likeness (QED) is 0.673. The number of nitrogens with zero attached hydrogens (tertiary/aromatic N) is 3. The van der Waals surface area contributed by atoms with Crippen LogP contribution in [0.4, 0.5) is 0 Å². The summed E-state index contributed by atoms with van der Waals surface area (Å²) in [7, 11) is 0. The minimum atomic E-state index is 0.326. The molecule has 2 N–H and O–H groups in total. The number of hydrogen-bond donors (Lipinski definition) is 1. The van der Waals surface area contributed by atoms with Crippen molar-refractivity contribution in [2.75, 3.05) is 13.1 Å². The van der Waals surface area contributed by atoms with E-state index in [4.69, 9.17) is 10.3 Å². The molecule has 0 aromatic carbocycles. The first-order chi connectivity index (χ1) is 5.88. The van der Waals surface area contributed by atoms with Crippen LogP contribution in [-0.2, 0) is 13.1 Å². The van der Waals surface area contributed by atoms with Gasteiger partial charge in [0.2, 0.25) is 5.89 Å². The molecular weight excluding hydrogens is 156 g/mol. The Hall–Kier alpha value is -0.940. The van der Waals surface area contributed by atoms with E-state index in [0.717, 1.165) is 25.5 Å². The lowest BCUT2D eigenvalue weighted by molar-refractivity contribution is 0.166. The highest BCUT2D eigenvalue weighted by Crippen LogP contribution is 2.09. The molecule has 0 aliphatic carbocycles. The van der Waals surface area contributed by atoms with Crippen LogP contribution in [0, 0.1) is 0 Å². The summed E-state index contributed by atoms with van der Waals surface area (Å²) in [5.74, 6) is 1.26. The van der Waals surface area contributed by atoms with E-state index in [2.05, 4.69) is 15.0 Å². The highest BCUT2D eigenvalue weighted by Gasteiger charge is 2.16. The molecule has 5 nitrogen and oxygen atoms in total. The average Bonchev–Trinajstić information content (AvgIpc) is 2.44. The fourth-order valence-electron chi connectivity index (χ4n) is 1.18. The summed E-state index contributed by atoms with van der Waals surface area (Å²) < 4.78 is 4.87. The van der Waals surface area contributed by atoms with Gasteiger partial charge in [-0.2, -0.15) is 4.98 Å². The third-order valence-corrected chi connectivity index (χ3v) is 2.00. The van der Waals surface area contributed by atoms with Crippen LogP contribution in [0.1, 0.15) is 18.1 Å². The van der Waals surface area contributed by atoms with Gasteiger partial charge in [-0.3, -0.25) is 4.90 Å². The average molecular weight is 168 g/mol. The Kier molecular flexibility index (Phi) is 2.05. The van der Waals surface area contributed by atoms with Gasteiger partial charge in [-0.15, -0.1) is 0 Å². The largest absolute Gasteiger partial charge is 0.338 e. The molecule has 0 bridgehead atoms. The smallest absolute Gasteiger partial charge is 0.240 e. The molecule has 1 aliphatic heterocycles. The lowest BCUT2D eigenvalue weighted by atomic mass is 10.2. The Balaban J connectivity index is 1.93. The normalized spacial score (nSPS) is 17.8. The molecule has 66 valence electrons. The van der Waals surface area contributed by atoms with E-state index in [9.17, 15) is 0 Å². The SMILES string of the molecule is NCc1nc(CN2CCC2)no1. The zero-order valence-corrected chi connectivity index (χ0v) is 6.86. The second-order valence-electron chi connectivity index (χ2n) is 2.94. The Labute approximate surface area is 70.5 Å². The van der Waals surface area contributed by atoms with Crippen molar-refractivity contribution in [3.8, 4) is 0 Å². The monoisotopic (exact) mass is 168 g/mol. The summed E-state index contributed by atoms with van der Waals surface area (Å²) in [4.78, 5) is 6.38. The summed E-state index contributed by atoms with van der Waals surface area (Å²) in [6.07, 6.45) is 1.28. The van der Waals surface area contributed by atoms with Gasteiger partial charge in [0, 0.05) is 0 Å². The van der Waals surface area contributed by atoms with E-state index in [1.807, 2.05) is 0 Å². The zero-order chi connectivity index (χ0) is 8.39. The van der Waals surface area contributed by atoms with Crippen molar-refractivity contribution in [2.24, 2.45) is 5.73 Å². The van der Waals surface area contributed by atoms with Crippen molar-refractivity contribution in [2.45, 2.75) is 19.5 Å². The number of aromatic nitrogens is 2. The van der Waals surface area contributed by atoms with Crippen LogP contribution in [0.5, 0.6) is 0 Å². The standard InChI is InChI=1S/C7H12N4O/c8-4-7-9-6(10-12-7)5-11-2-1-3-11/h1-5,8H2. The van der Waals surface area contributed by atoms with Crippen molar-refractivity contribution in [1.82, 2.24) is 15.0 Å². The zero-order valence-electron chi connectivity index (χ0n) is 6.86. The minimum absolute atomic E-state index is 0.326. The number of rotatable bonds is 3. The second-order valence-corrected chi connectivity index (χ2v) is 2.94. The third kappa shape index (κ3) is 1.46. The maximum atomic E-state index is 5.33. The molecule has 0 radical (unpaired) electrons. The molecule has 12 heavy (non-hydrogen) atoms. The van der Waals surface area contributed by atoms with E-state index in [1.165, 1.54) is 6.42 Å². The highest BCUT2D eigenvalue weighted by atomic mass is 16.5. The maximum Gasteiger partial charge on any atom is 0.240 e. The van der Waals surface area contributed by atoms with Gasteiger partial charge in [0.15, 0.2) is 5.82 Å². The first-order valence-electron chi connectivity index (χ1n) is 4.12. The summed E-state index contributed by atoms with van der Waals surface area (Å²) in [5.41, 5.74) is 5.33. The number of hydrogen-bond acceptors (Lipinski definition) is 5. The van der Waals surface area contributed by atoms with Crippen LogP contribution in [0.15, 0.2) is 4.52 Å². The fourth-order valence-corrected chi connectivity index (χ4v) is 1.18.